The van der Waals surface area contributed by atoms with Gasteiger partial charge in [-0.1, -0.05) is 24.3 Å². The number of H-pyrrole nitrogens is 1. The topological polar surface area (TPSA) is 61.5 Å². The Bertz CT molecular complexity index is 896. The molecule has 0 unspecified atom stereocenters. The van der Waals surface area contributed by atoms with E-state index in [0.717, 1.165) is 49.4 Å². The van der Waals surface area contributed by atoms with Crippen molar-refractivity contribution in [2.24, 2.45) is 0 Å². The molecule has 1 fully saturated rings. The predicted molar refractivity (Wildman–Crippen MR) is 100 cm³/mol. The second kappa shape index (κ2) is 7.17. The second-order valence-electron chi connectivity index (χ2n) is 6.56. The van der Waals surface area contributed by atoms with Crippen LogP contribution in [0.15, 0.2) is 48.7 Å². The highest BCUT2D eigenvalue weighted by Crippen LogP contribution is 2.19. The maximum absolute atomic E-state index is 12.9. The SMILES string of the molecule is COc1ccc(CN2CCN(C(=O)c3cccc4cn[nH]c34)CC2)cc1. The molecule has 1 amide bonds. The van der Waals surface area contributed by atoms with Gasteiger partial charge in [0, 0.05) is 38.1 Å². The number of ether oxygens (including phenoxy) is 1. The van der Waals surface area contributed by atoms with Gasteiger partial charge in [0.15, 0.2) is 0 Å². The summed E-state index contributed by atoms with van der Waals surface area (Å²) in [4.78, 5) is 17.2. The Morgan fingerprint density at radius 2 is 1.88 bits per heavy atom. The molecule has 1 saturated heterocycles. The Morgan fingerprint density at radius 3 is 2.62 bits per heavy atom. The quantitative estimate of drug-likeness (QED) is 0.785. The Labute approximate surface area is 152 Å². The molecule has 0 aliphatic carbocycles. The summed E-state index contributed by atoms with van der Waals surface area (Å²) in [7, 11) is 1.68. The van der Waals surface area contributed by atoms with Crippen molar-refractivity contribution in [3.8, 4) is 5.75 Å². The largest absolute Gasteiger partial charge is 0.497 e. The van der Waals surface area contributed by atoms with E-state index < -0.39 is 0 Å². The summed E-state index contributed by atoms with van der Waals surface area (Å²) in [5, 5.41) is 7.96. The van der Waals surface area contributed by atoms with E-state index in [1.807, 2.05) is 35.2 Å². The summed E-state index contributed by atoms with van der Waals surface area (Å²) in [5.74, 6) is 0.945. The normalized spacial score (nSPS) is 15.3. The molecule has 4 rings (SSSR count). The van der Waals surface area contributed by atoms with Crippen molar-refractivity contribution >= 4 is 16.8 Å². The molecule has 1 N–H and O–H groups in total. The summed E-state index contributed by atoms with van der Waals surface area (Å²) in [5.41, 5.74) is 2.77. The number of hydrogen-bond donors (Lipinski definition) is 1. The first kappa shape index (κ1) is 16.6. The minimum Gasteiger partial charge on any atom is -0.497 e. The molecule has 0 bridgehead atoms. The van der Waals surface area contributed by atoms with Gasteiger partial charge in [0.1, 0.15) is 5.75 Å². The summed E-state index contributed by atoms with van der Waals surface area (Å²) in [6.45, 7) is 4.11. The number of aromatic nitrogens is 2. The van der Waals surface area contributed by atoms with Crippen LogP contribution in [-0.4, -0.2) is 59.2 Å². The van der Waals surface area contributed by atoms with Crippen molar-refractivity contribution in [2.75, 3.05) is 33.3 Å². The van der Waals surface area contributed by atoms with Gasteiger partial charge >= 0.3 is 0 Å². The monoisotopic (exact) mass is 350 g/mol. The molecular formula is C20H22N4O2. The number of nitrogens with zero attached hydrogens (tertiary/aromatic N) is 3. The number of piperazine rings is 1. The van der Waals surface area contributed by atoms with Gasteiger partial charge in [-0.3, -0.25) is 14.8 Å². The minimum absolute atomic E-state index is 0.0731. The van der Waals surface area contributed by atoms with Gasteiger partial charge in [-0.15, -0.1) is 0 Å². The van der Waals surface area contributed by atoms with Crippen molar-refractivity contribution in [3.63, 3.8) is 0 Å². The highest BCUT2D eigenvalue weighted by Gasteiger charge is 2.23. The van der Waals surface area contributed by atoms with Crippen molar-refractivity contribution in [2.45, 2.75) is 6.54 Å². The summed E-state index contributed by atoms with van der Waals surface area (Å²) in [6.07, 6.45) is 1.75. The molecule has 6 nitrogen and oxygen atoms in total. The van der Waals surface area contributed by atoms with Crippen LogP contribution in [0.1, 0.15) is 15.9 Å². The van der Waals surface area contributed by atoms with Crippen LogP contribution in [0.4, 0.5) is 0 Å². The molecule has 0 atom stereocenters. The van der Waals surface area contributed by atoms with Crippen molar-refractivity contribution in [1.82, 2.24) is 20.0 Å². The van der Waals surface area contributed by atoms with E-state index in [1.54, 1.807) is 13.3 Å². The number of carbonyl (C=O) groups excluding carboxylic acids is 1. The average Bonchev–Trinajstić information content (AvgIpc) is 3.17. The first-order valence-electron chi connectivity index (χ1n) is 8.81. The number of carbonyl (C=O) groups is 1. The summed E-state index contributed by atoms with van der Waals surface area (Å²) in [6, 6.07) is 13.9. The summed E-state index contributed by atoms with van der Waals surface area (Å²) >= 11 is 0. The molecule has 0 radical (unpaired) electrons. The van der Waals surface area contributed by atoms with E-state index in [9.17, 15) is 4.79 Å². The molecule has 1 aliphatic rings. The van der Waals surface area contributed by atoms with Crippen LogP contribution >= 0.6 is 0 Å². The molecule has 3 aromatic rings. The van der Waals surface area contributed by atoms with Crippen LogP contribution in [0.5, 0.6) is 5.75 Å². The first-order chi connectivity index (χ1) is 12.7. The van der Waals surface area contributed by atoms with Gasteiger partial charge in [0.2, 0.25) is 0 Å². The second-order valence-corrected chi connectivity index (χ2v) is 6.56. The van der Waals surface area contributed by atoms with Crippen molar-refractivity contribution in [1.29, 1.82) is 0 Å². The number of aromatic amines is 1. The van der Waals surface area contributed by atoms with Crippen LogP contribution in [0.2, 0.25) is 0 Å². The van der Waals surface area contributed by atoms with Crippen molar-refractivity contribution in [3.05, 3.63) is 59.8 Å². The van der Waals surface area contributed by atoms with E-state index >= 15 is 0 Å². The lowest BCUT2D eigenvalue weighted by atomic mass is 10.1. The number of fused-ring (bicyclic) bond motifs is 1. The van der Waals surface area contributed by atoms with Gasteiger partial charge in [0.05, 0.1) is 24.4 Å². The van der Waals surface area contributed by atoms with Crippen LogP contribution in [0, 0.1) is 0 Å². The smallest absolute Gasteiger partial charge is 0.256 e. The predicted octanol–water partition coefficient (Wildman–Crippen LogP) is 2.53. The van der Waals surface area contributed by atoms with Crippen LogP contribution in [0.25, 0.3) is 10.9 Å². The fraction of sp³-hybridized carbons (Fsp3) is 0.300. The molecule has 26 heavy (non-hydrogen) atoms. The number of benzene rings is 2. The molecular weight excluding hydrogens is 328 g/mol. The third-order valence-corrected chi connectivity index (χ3v) is 4.93. The van der Waals surface area contributed by atoms with Gasteiger partial charge in [-0.2, -0.15) is 5.10 Å². The van der Waals surface area contributed by atoms with E-state index in [2.05, 4.69) is 27.2 Å². The molecule has 2 heterocycles. The number of nitrogens with one attached hydrogen (secondary N) is 1. The molecule has 1 aliphatic heterocycles. The van der Waals surface area contributed by atoms with Gasteiger partial charge < -0.3 is 9.64 Å². The maximum atomic E-state index is 12.9. The molecule has 0 saturated carbocycles. The number of amides is 1. The summed E-state index contributed by atoms with van der Waals surface area (Å²) < 4.78 is 5.20. The molecule has 0 spiro atoms. The van der Waals surface area contributed by atoms with Crippen LogP contribution < -0.4 is 4.74 Å². The molecule has 134 valence electrons. The number of para-hydroxylation sites is 1. The molecule has 2 aromatic carbocycles. The Kier molecular flexibility index (Phi) is 4.58. The highest BCUT2D eigenvalue weighted by atomic mass is 16.5. The molecule has 1 aromatic heterocycles. The first-order valence-corrected chi connectivity index (χ1v) is 8.81. The fourth-order valence-corrected chi connectivity index (χ4v) is 3.42. The van der Waals surface area contributed by atoms with Gasteiger partial charge in [-0.05, 0) is 23.8 Å². The highest BCUT2D eigenvalue weighted by molar-refractivity contribution is 6.05. The third-order valence-electron chi connectivity index (χ3n) is 4.93. The van der Waals surface area contributed by atoms with Gasteiger partial charge in [0.25, 0.3) is 5.91 Å². The number of hydrogen-bond acceptors (Lipinski definition) is 4. The van der Waals surface area contributed by atoms with Crippen LogP contribution in [0.3, 0.4) is 0 Å². The van der Waals surface area contributed by atoms with Gasteiger partial charge in [-0.25, -0.2) is 0 Å². The Balaban J connectivity index is 1.38. The zero-order chi connectivity index (χ0) is 17.9. The van der Waals surface area contributed by atoms with Crippen molar-refractivity contribution < 1.29 is 9.53 Å². The van der Waals surface area contributed by atoms with E-state index in [-0.39, 0.29) is 5.91 Å². The Morgan fingerprint density at radius 1 is 1.12 bits per heavy atom. The number of rotatable bonds is 4. The van der Waals surface area contributed by atoms with E-state index in [0.29, 0.717) is 5.56 Å². The lowest BCUT2D eigenvalue weighted by Gasteiger charge is -2.34. The Hall–Kier alpha value is -2.86. The molecule has 6 heteroatoms. The zero-order valence-electron chi connectivity index (χ0n) is 14.8. The lowest BCUT2D eigenvalue weighted by molar-refractivity contribution is 0.0630. The van der Waals surface area contributed by atoms with E-state index in [1.165, 1.54) is 5.56 Å². The zero-order valence-corrected chi connectivity index (χ0v) is 14.8. The third kappa shape index (κ3) is 3.28. The fourth-order valence-electron chi connectivity index (χ4n) is 3.42. The van der Waals surface area contributed by atoms with Crippen LogP contribution in [-0.2, 0) is 6.54 Å². The minimum atomic E-state index is 0.0731. The maximum Gasteiger partial charge on any atom is 0.256 e. The average molecular weight is 350 g/mol. The number of methoxy groups -OCH3 is 1. The lowest BCUT2D eigenvalue weighted by Crippen LogP contribution is -2.48. The van der Waals surface area contributed by atoms with E-state index in [4.69, 9.17) is 4.74 Å². The standard InChI is InChI=1S/C20H22N4O2/c1-26-17-7-5-15(6-8-17)14-23-9-11-24(12-10-23)20(25)18-4-2-3-16-13-21-22-19(16)18/h2-8,13H,9-12,14H2,1H3,(H,21,22).